The van der Waals surface area contributed by atoms with Crippen molar-refractivity contribution in [3.05, 3.63) is 60.0 Å². The Kier molecular flexibility index (Phi) is 4.29. The standard InChI is InChI=1S/C18H18N4O2/c1-3-24-14-9-7-13(8-10-14)15-11-22(21-17(15)18(19)23)16-6-4-5-12(2)20-16/h4-11H,3H2,1-2H3,(H2,19,23). The Balaban J connectivity index is 2.05. The molecule has 2 heterocycles. The number of nitrogens with zero attached hydrogens (tertiary/aromatic N) is 3. The lowest BCUT2D eigenvalue weighted by Gasteiger charge is -2.04. The van der Waals surface area contributed by atoms with E-state index in [1.807, 2.05) is 56.3 Å². The first kappa shape index (κ1) is 15.7. The van der Waals surface area contributed by atoms with Gasteiger partial charge in [0.1, 0.15) is 5.75 Å². The Labute approximate surface area is 139 Å². The predicted molar refractivity (Wildman–Crippen MR) is 91.2 cm³/mol. The molecule has 0 aliphatic carbocycles. The number of benzene rings is 1. The van der Waals surface area contributed by atoms with Gasteiger partial charge < -0.3 is 10.5 Å². The van der Waals surface area contributed by atoms with Crippen molar-refractivity contribution in [2.45, 2.75) is 13.8 Å². The molecule has 0 bridgehead atoms. The summed E-state index contributed by atoms with van der Waals surface area (Å²) in [6, 6.07) is 13.1. The molecule has 24 heavy (non-hydrogen) atoms. The fraction of sp³-hybridized carbons (Fsp3) is 0.167. The average Bonchev–Trinajstić information content (AvgIpc) is 3.01. The molecule has 0 aliphatic rings. The average molecular weight is 322 g/mol. The maximum atomic E-state index is 11.8. The van der Waals surface area contributed by atoms with Crippen molar-refractivity contribution in [3.8, 4) is 22.7 Å². The molecule has 0 saturated heterocycles. The Bertz CT molecular complexity index is 869. The number of rotatable bonds is 5. The van der Waals surface area contributed by atoms with E-state index in [9.17, 15) is 4.79 Å². The van der Waals surface area contributed by atoms with Crippen LogP contribution < -0.4 is 10.5 Å². The smallest absolute Gasteiger partial charge is 0.269 e. The van der Waals surface area contributed by atoms with E-state index >= 15 is 0 Å². The predicted octanol–water partition coefficient (Wildman–Crippen LogP) is 2.74. The van der Waals surface area contributed by atoms with Crippen LogP contribution in [0.2, 0.25) is 0 Å². The first-order chi connectivity index (χ1) is 11.6. The minimum absolute atomic E-state index is 0.211. The van der Waals surface area contributed by atoms with Gasteiger partial charge in [-0.3, -0.25) is 4.79 Å². The van der Waals surface area contributed by atoms with Crippen molar-refractivity contribution in [1.82, 2.24) is 14.8 Å². The van der Waals surface area contributed by atoms with Crippen molar-refractivity contribution in [3.63, 3.8) is 0 Å². The molecule has 0 atom stereocenters. The highest BCUT2D eigenvalue weighted by atomic mass is 16.5. The van der Waals surface area contributed by atoms with E-state index in [4.69, 9.17) is 10.5 Å². The molecule has 3 rings (SSSR count). The van der Waals surface area contributed by atoms with Crippen LogP contribution in [-0.2, 0) is 0 Å². The Morgan fingerprint density at radius 2 is 1.96 bits per heavy atom. The maximum absolute atomic E-state index is 11.8. The third-order valence-corrected chi connectivity index (χ3v) is 3.53. The van der Waals surface area contributed by atoms with Gasteiger partial charge in [0.15, 0.2) is 11.5 Å². The first-order valence-corrected chi connectivity index (χ1v) is 7.65. The van der Waals surface area contributed by atoms with E-state index in [0.717, 1.165) is 17.0 Å². The van der Waals surface area contributed by atoms with Gasteiger partial charge in [-0.05, 0) is 43.7 Å². The molecule has 2 aromatic heterocycles. The molecule has 122 valence electrons. The summed E-state index contributed by atoms with van der Waals surface area (Å²) in [5.74, 6) is 0.828. The molecule has 2 N–H and O–H groups in total. The number of pyridine rings is 1. The zero-order valence-electron chi connectivity index (χ0n) is 13.6. The second-order valence-corrected chi connectivity index (χ2v) is 5.29. The van der Waals surface area contributed by atoms with Gasteiger partial charge in [-0.1, -0.05) is 18.2 Å². The van der Waals surface area contributed by atoms with E-state index < -0.39 is 5.91 Å². The van der Waals surface area contributed by atoms with Gasteiger partial charge in [0.25, 0.3) is 5.91 Å². The van der Waals surface area contributed by atoms with Gasteiger partial charge in [0.2, 0.25) is 0 Å². The molecule has 0 spiro atoms. The molecule has 0 radical (unpaired) electrons. The van der Waals surface area contributed by atoms with Crippen LogP contribution in [0, 0.1) is 6.92 Å². The first-order valence-electron chi connectivity index (χ1n) is 7.65. The minimum atomic E-state index is -0.578. The summed E-state index contributed by atoms with van der Waals surface area (Å²) >= 11 is 0. The second-order valence-electron chi connectivity index (χ2n) is 5.29. The van der Waals surface area contributed by atoms with E-state index in [1.54, 1.807) is 10.9 Å². The van der Waals surface area contributed by atoms with Crippen LogP contribution in [0.3, 0.4) is 0 Å². The van der Waals surface area contributed by atoms with E-state index in [2.05, 4.69) is 10.1 Å². The van der Waals surface area contributed by atoms with Crippen LogP contribution in [0.5, 0.6) is 5.75 Å². The van der Waals surface area contributed by atoms with Crippen molar-refractivity contribution in [1.29, 1.82) is 0 Å². The van der Waals surface area contributed by atoms with E-state index in [0.29, 0.717) is 18.0 Å². The third kappa shape index (κ3) is 3.12. The summed E-state index contributed by atoms with van der Waals surface area (Å²) in [5, 5.41) is 4.30. The van der Waals surface area contributed by atoms with Gasteiger partial charge in [-0.2, -0.15) is 5.10 Å². The summed E-state index contributed by atoms with van der Waals surface area (Å²) in [4.78, 5) is 16.2. The number of hydrogen-bond acceptors (Lipinski definition) is 4. The zero-order valence-corrected chi connectivity index (χ0v) is 13.6. The zero-order chi connectivity index (χ0) is 17.1. The Morgan fingerprint density at radius 3 is 2.58 bits per heavy atom. The second kappa shape index (κ2) is 6.54. The molecule has 0 unspecified atom stereocenters. The van der Waals surface area contributed by atoms with Crippen LogP contribution in [0.4, 0.5) is 0 Å². The van der Waals surface area contributed by atoms with Gasteiger partial charge in [-0.25, -0.2) is 9.67 Å². The highest BCUT2D eigenvalue weighted by molar-refractivity contribution is 5.97. The van der Waals surface area contributed by atoms with Crippen LogP contribution in [0.1, 0.15) is 23.1 Å². The van der Waals surface area contributed by atoms with E-state index in [1.165, 1.54) is 0 Å². The van der Waals surface area contributed by atoms with Gasteiger partial charge in [-0.15, -0.1) is 0 Å². The summed E-state index contributed by atoms with van der Waals surface area (Å²) in [6.45, 7) is 4.43. The molecular weight excluding hydrogens is 304 g/mol. The number of aryl methyl sites for hydroxylation is 1. The lowest BCUT2D eigenvalue weighted by atomic mass is 10.1. The molecule has 1 amide bonds. The van der Waals surface area contributed by atoms with Gasteiger partial charge >= 0.3 is 0 Å². The van der Waals surface area contributed by atoms with Crippen molar-refractivity contribution >= 4 is 5.91 Å². The summed E-state index contributed by atoms with van der Waals surface area (Å²) in [5.41, 5.74) is 8.07. The number of carbonyl (C=O) groups is 1. The highest BCUT2D eigenvalue weighted by Gasteiger charge is 2.17. The number of hydrogen-bond donors (Lipinski definition) is 1. The largest absolute Gasteiger partial charge is 0.494 e. The van der Waals surface area contributed by atoms with Crippen LogP contribution in [0.15, 0.2) is 48.7 Å². The topological polar surface area (TPSA) is 83.0 Å². The number of carbonyl (C=O) groups excluding carboxylic acids is 1. The summed E-state index contributed by atoms with van der Waals surface area (Å²) in [6.07, 6.45) is 1.76. The van der Waals surface area contributed by atoms with Crippen molar-refractivity contribution in [2.24, 2.45) is 5.73 Å². The number of primary amides is 1. The normalized spacial score (nSPS) is 10.6. The van der Waals surface area contributed by atoms with Crippen LogP contribution in [0.25, 0.3) is 16.9 Å². The number of aromatic nitrogens is 3. The molecular formula is C18H18N4O2. The number of nitrogens with two attached hydrogens (primary N) is 1. The molecule has 0 saturated carbocycles. The lowest BCUT2D eigenvalue weighted by Crippen LogP contribution is -2.13. The third-order valence-electron chi connectivity index (χ3n) is 3.53. The van der Waals surface area contributed by atoms with Crippen molar-refractivity contribution in [2.75, 3.05) is 6.61 Å². The number of ether oxygens (including phenoxy) is 1. The summed E-state index contributed by atoms with van der Waals surface area (Å²) in [7, 11) is 0. The SMILES string of the molecule is CCOc1ccc(-c2cn(-c3cccc(C)n3)nc2C(N)=O)cc1. The lowest BCUT2D eigenvalue weighted by molar-refractivity contribution is 0.0996. The van der Waals surface area contributed by atoms with Gasteiger partial charge in [0.05, 0.1) is 6.61 Å². The fourth-order valence-electron chi connectivity index (χ4n) is 2.44. The minimum Gasteiger partial charge on any atom is -0.494 e. The molecule has 0 aliphatic heterocycles. The fourth-order valence-corrected chi connectivity index (χ4v) is 2.44. The highest BCUT2D eigenvalue weighted by Crippen LogP contribution is 2.26. The Morgan fingerprint density at radius 1 is 1.21 bits per heavy atom. The number of amides is 1. The molecule has 0 fully saturated rings. The maximum Gasteiger partial charge on any atom is 0.269 e. The summed E-state index contributed by atoms with van der Waals surface area (Å²) < 4.78 is 7.01. The molecule has 6 nitrogen and oxygen atoms in total. The van der Waals surface area contributed by atoms with Crippen LogP contribution >= 0.6 is 0 Å². The van der Waals surface area contributed by atoms with Crippen molar-refractivity contribution < 1.29 is 9.53 Å². The van der Waals surface area contributed by atoms with E-state index in [-0.39, 0.29) is 5.69 Å². The molecule has 6 heteroatoms. The molecule has 1 aromatic carbocycles. The Hall–Kier alpha value is -3.15. The molecule has 3 aromatic rings. The monoisotopic (exact) mass is 322 g/mol. The van der Waals surface area contributed by atoms with Crippen LogP contribution in [-0.4, -0.2) is 27.3 Å². The van der Waals surface area contributed by atoms with Gasteiger partial charge in [0, 0.05) is 17.5 Å². The quantitative estimate of drug-likeness (QED) is 0.783.